The van der Waals surface area contributed by atoms with E-state index in [2.05, 4.69) is 22.5 Å². The van der Waals surface area contributed by atoms with Gasteiger partial charge in [0.15, 0.2) is 0 Å². The van der Waals surface area contributed by atoms with Crippen LogP contribution in [0.4, 0.5) is 0 Å². The van der Waals surface area contributed by atoms with Crippen LogP contribution in [0, 0.1) is 5.92 Å². The van der Waals surface area contributed by atoms with Crippen LogP contribution in [0.25, 0.3) is 0 Å². The zero-order valence-electron chi connectivity index (χ0n) is 13.6. The number of carbonyl (C=O) groups is 1. The second-order valence-electron chi connectivity index (χ2n) is 6.76. The Hall–Kier alpha value is -0.610. The molecule has 0 spiro atoms. The first-order chi connectivity index (χ1) is 10.3. The van der Waals surface area contributed by atoms with E-state index in [0.29, 0.717) is 12.3 Å². The fourth-order valence-corrected chi connectivity index (χ4v) is 3.52. The monoisotopic (exact) mass is 294 g/mol. The predicted molar refractivity (Wildman–Crippen MR) is 86.3 cm³/mol. The number of carbonyl (C=O) groups excluding carboxylic acids is 1. The molecule has 0 aromatic carbocycles. The van der Waals surface area contributed by atoms with Crippen molar-refractivity contribution < 1.29 is 4.79 Å². The molecule has 0 aromatic heterocycles. The van der Waals surface area contributed by atoms with Gasteiger partial charge in [-0.15, -0.1) is 0 Å². The van der Waals surface area contributed by atoms with Gasteiger partial charge < -0.3 is 10.2 Å². The number of nitrogens with zero attached hydrogens (tertiary/aromatic N) is 2. The fourth-order valence-electron chi connectivity index (χ4n) is 3.52. The first-order valence-corrected chi connectivity index (χ1v) is 8.89. The van der Waals surface area contributed by atoms with Crippen molar-refractivity contribution >= 4 is 5.91 Å². The van der Waals surface area contributed by atoms with E-state index in [0.717, 1.165) is 45.1 Å². The molecule has 2 unspecified atom stereocenters. The highest BCUT2D eigenvalue weighted by molar-refractivity contribution is 5.75. The van der Waals surface area contributed by atoms with Crippen LogP contribution < -0.4 is 10.6 Å². The van der Waals surface area contributed by atoms with Crippen LogP contribution in [0.1, 0.15) is 58.3 Å². The molecule has 2 heterocycles. The Kier molecular flexibility index (Phi) is 7.51. The lowest BCUT2D eigenvalue weighted by atomic mass is 9.94. The summed E-state index contributed by atoms with van der Waals surface area (Å²) in [5.41, 5.74) is 0. The maximum atomic E-state index is 11.8. The molecule has 2 aliphatic heterocycles. The minimum atomic E-state index is 0.229. The van der Waals surface area contributed by atoms with Crippen molar-refractivity contribution in [3.8, 4) is 0 Å². The molecule has 1 amide bonds. The SMILES string of the molecule is CC1CCCCN1CCCNC(=O)CCC1CCC[N]C1. The molecular weight excluding hydrogens is 262 g/mol. The number of hydrogen-bond acceptors (Lipinski definition) is 2. The third kappa shape index (κ3) is 6.35. The van der Waals surface area contributed by atoms with E-state index >= 15 is 0 Å². The highest BCUT2D eigenvalue weighted by Gasteiger charge is 2.17. The van der Waals surface area contributed by atoms with Crippen molar-refractivity contribution in [1.82, 2.24) is 15.5 Å². The minimum Gasteiger partial charge on any atom is -0.356 e. The number of rotatable bonds is 7. The van der Waals surface area contributed by atoms with Crippen molar-refractivity contribution in [2.45, 2.75) is 64.3 Å². The minimum absolute atomic E-state index is 0.229. The molecule has 2 atom stereocenters. The average molecular weight is 294 g/mol. The number of hydrogen-bond donors (Lipinski definition) is 1. The van der Waals surface area contributed by atoms with Crippen LogP contribution in [0.15, 0.2) is 0 Å². The molecular formula is C17H32N3O. The van der Waals surface area contributed by atoms with Gasteiger partial charge in [0, 0.05) is 38.6 Å². The standard InChI is InChI=1S/C17H32N3O/c1-15-6-2-3-12-20(15)13-5-11-19-17(21)9-8-16-7-4-10-18-14-16/h15-16H,2-14H2,1H3,(H,19,21). The zero-order chi connectivity index (χ0) is 14.9. The average Bonchev–Trinajstić information content (AvgIpc) is 2.52. The van der Waals surface area contributed by atoms with Gasteiger partial charge in [-0.25, -0.2) is 5.32 Å². The van der Waals surface area contributed by atoms with Crippen molar-refractivity contribution in [3.63, 3.8) is 0 Å². The van der Waals surface area contributed by atoms with Crippen molar-refractivity contribution in [2.24, 2.45) is 5.92 Å². The van der Waals surface area contributed by atoms with Gasteiger partial charge in [-0.05, 0) is 57.9 Å². The summed E-state index contributed by atoms with van der Waals surface area (Å²) in [7, 11) is 0. The quantitative estimate of drug-likeness (QED) is 0.731. The summed E-state index contributed by atoms with van der Waals surface area (Å²) in [6.07, 6.45) is 9.28. The molecule has 21 heavy (non-hydrogen) atoms. The largest absolute Gasteiger partial charge is 0.356 e. The number of nitrogens with one attached hydrogen (secondary N) is 1. The smallest absolute Gasteiger partial charge is 0.220 e. The fraction of sp³-hybridized carbons (Fsp3) is 0.941. The van der Waals surface area contributed by atoms with Gasteiger partial charge in [-0.1, -0.05) is 6.42 Å². The maximum Gasteiger partial charge on any atom is 0.220 e. The van der Waals surface area contributed by atoms with Gasteiger partial charge >= 0.3 is 0 Å². The Bertz CT molecular complexity index is 302. The molecule has 4 nitrogen and oxygen atoms in total. The third-order valence-corrected chi connectivity index (χ3v) is 4.98. The summed E-state index contributed by atoms with van der Waals surface area (Å²) in [4.78, 5) is 14.4. The van der Waals surface area contributed by atoms with E-state index in [9.17, 15) is 4.79 Å². The molecule has 1 N–H and O–H groups in total. The summed E-state index contributed by atoms with van der Waals surface area (Å²) in [5, 5.41) is 7.51. The van der Waals surface area contributed by atoms with Crippen LogP contribution in [0.5, 0.6) is 0 Å². The van der Waals surface area contributed by atoms with Gasteiger partial charge in [0.25, 0.3) is 0 Å². The van der Waals surface area contributed by atoms with E-state index in [1.54, 1.807) is 0 Å². The normalized spacial score (nSPS) is 27.5. The molecule has 2 saturated heterocycles. The summed E-state index contributed by atoms with van der Waals surface area (Å²) >= 11 is 0. The first kappa shape index (κ1) is 16.8. The Morgan fingerprint density at radius 1 is 1.29 bits per heavy atom. The molecule has 0 bridgehead atoms. The lowest BCUT2D eigenvalue weighted by Gasteiger charge is -2.33. The van der Waals surface area contributed by atoms with Crippen molar-refractivity contribution in [1.29, 1.82) is 0 Å². The topological polar surface area (TPSA) is 46.4 Å². The second kappa shape index (κ2) is 9.42. The molecule has 1 radical (unpaired) electrons. The highest BCUT2D eigenvalue weighted by Crippen LogP contribution is 2.17. The Labute approximate surface area is 130 Å². The number of piperidine rings is 2. The summed E-state index contributed by atoms with van der Waals surface area (Å²) < 4.78 is 0. The molecule has 0 saturated carbocycles. The van der Waals surface area contributed by atoms with Gasteiger partial charge in [-0.3, -0.25) is 4.79 Å². The van der Waals surface area contributed by atoms with Crippen LogP contribution in [-0.4, -0.2) is 49.6 Å². The molecule has 2 rings (SSSR count). The maximum absolute atomic E-state index is 11.8. The van der Waals surface area contributed by atoms with Gasteiger partial charge in [0.1, 0.15) is 0 Å². The molecule has 0 aromatic rings. The van der Waals surface area contributed by atoms with Crippen LogP contribution in [-0.2, 0) is 4.79 Å². The molecule has 4 heteroatoms. The van der Waals surface area contributed by atoms with Gasteiger partial charge in [-0.2, -0.15) is 0 Å². The van der Waals surface area contributed by atoms with Crippen LogP contribution >= 0.6 is 0 Å². The van der Waals surface area contributed by atoms with E-state index < -0.39 is 0 Å². The van der Waals surface area contributed by atoms with Crippen molar-refractivity contribution in [2.75, 3.05) is 32.7 Å². The van der Waals surface area contributed by atoms with E-state index in [1.165, 1.54) is 38.6 Å². The predicted octanol–water partition coefficient (Wildman–Crippen LogP) is 2.16. The van der Waals surface area contributed by atoms with E-state index in [4.69, 9.17) is 0 Å². The highest BCUT2D eigenvalue weighted by atomic mass is 16.1. The number of likely N-dealkylation sites (tertiary alicyclic amines) is 1. The Morgan fingerprint density at radius 2 is 2.19 bits per heavy atom. The molecule has 0 aliphatic carbocycles. The van der Waals surface area contributed by atoms with Gasteiger partial charge in [0.05, 0.1) is 0 Å². The first-order valence-electron chi connectivity index (χ1n) is 8.89. The van der Waals surface area contributed by atoms with Crippen LogP contribution in [0.2, 0.25) is 0 Å². The van der Waals surface area contributed by atoms with E-state index in [-0.39, 0.29) is 5.91 Å². The number of amides is 1. The Morgan fingerprint density at radius 3 is 2.95 bits per heavy atom. The zero-order valence-corrected chi connectivity index (χ0v) is 13.6. The Balaban J connectivity index is 1.48. The van der Waals surface area contributed by atoms with Gasteiger partial charge in [0.2, 0.25) is 5.91 Å². The summed E-state index contributed by atoms with van der Waals surface area (Å²) in [6, 6.07) is 0.726. The molecule has 121 valence electrons. The van der Waals surface area contributed by atoms with E-state index in [1.807, 2.05) is 0 Å². The third-order valence-electron chi connectivity index (χ3n) is 4.98. The van der Waals surface area contributed by atoms with Crippen LogP contribution in [0.3, 0.4) is 0 Å². The lowest BCUT2D eigenvalue weighted by Crippen LogP contribution is -2.39. The lowest BCUT2D eigenvalue weighted by molar-refractivity contribution is -0.121. The molecule has 2 fully saturated rings. The second-order valence-corrected chi connectivity index (χ2v) is 6.76. The summed E-state index contributed by atoms with van der Waals surface area (Å²) in [5.74, 6) is 0.881. The summed E-state index contributed by atoms with van der Waals surface area (Å²) in [6.45, 7) is 7.52. The molecule has 2 aliphatic rings. The van der Waals surface area contributed by atoms with Crippen molar-refractivity contribution in [3.05, 3.63) is 0 Å².